The summed E-state index contributed by atoms with van der Waals surface area (Å²) in [7, 11) is 0. The summed E-state index contributed by atoms with van der Waals surface area (Å²) in [6.45, 7) is 6.07. The van der Waals surface area contributed by atoms with Gasteiger partial charge in [-0.3, -0.25) is 4.90 Å². The molecule has 94 valence electrons. The second kappa shape index (κ2) is 6.62. The van der Waals surface area contributed by atoms with Crippen LogP contribution in [-0.2, 0) is 0 Å². The highest BCUT2D eigenvalue weighted by molar-refractivity contribution is 4.94. The summed E-state index contributed by atoms with van der Waals surface area (Å²) in [6, 6.07) is 4.86. The molecule has 1 aliphatic heterocycles. The Balaban J connectivity index is 2.22. The summed E-state index contributed by atoms with van der Waals surface area (Å²) in [4.78, 5) is 2.31. The molecule has 1 saturated heterocycles. The third kappa shape index (κ3) is 4.75. The fraction of sp³-hybridized carbons (Fsp3) is 0.857. The van der Waals surface area contributed by atoms with Crippen molar-refractivity contribution in [3.63, 3.8) is 0 Å². The first-order chi connectivity index (χ1) is 8.09. The van der Waals surface area contributed by atoms with Crippen LogP contribution in [0.4, 0.5) is 0 Å². The molecule has 0 aromatic carbocycles. The lowest BCUT2D eigenvalue weighted by Crippen LogP contribution is -2.39. The SMILES string of the molecule is CC(C)(C#N)CCCCN1CCCCC1C#N. The molecule has 0 bridgehead atoms. The molecule has 3 heteroatoms. The highest BCUT2D eigenvalue weighted by Crippen LogP contribution is 2.22. The maximum Gasteiger partial charge on any atom is 0.0977 e. The van der Waals surface area contributed by atoms with Gasteiger partial charge in [0.05, 0.1) is 23.6 Å². The van der Waals surface area contributed by atoms with E-state index in [1.807, 2.05) is 13.8 Å². The van der Waals surface area contributed by atoms with Crippen molar-refractivity contribution < 1.29 is 0 Å². The molecule has 0 amide bonds. The highest BCUT2D eigenvalue weighted by atomic mass is 15.2. The summed E-state index contributed by atoms with van der Waals surface area (Å²) in [5, 5.41) is 18.0. The molecule has 1 fully saturated rings. The summed E-state index contributed by atoms with van der Waals surface area (Å²) in [5.74, 6) is 0. The van der Waals surface area contributed by atoms with Crippen LogP contribution in [0.1, 0.15) is 52.4 Å². The van der Waals surface area contributed by atoms with E-state index >= 15 is 0 Å². The number of piperidine rings is 1. The zero-order chi connectivity index (χ0) is 12.7. The minimum absolute atomic E-state index is 0.132. The fourth-order valence-electron chi connectivity index (χ4n) is 2.34. The van der Waals surface area contributed by atoms with E-state index in [1.165, 1.54) is 12.8 Å². The molecule has 1 heterocycles. The van der Waals surface area contributed by atoms with Gasteiger partial charge in [-0.2, -0.15) is 10.5 Å². The van der Waals surface area contributed by atoms with Crippen LogP contribution in [0.15, 0.2) is 0 Å². The number of hydrogen-bond acceptors (Lipinski definition) is 3. The molecule has 1 aliphatic rings. The lowest BCUT2D eigenvalue weighted by atomic mass is 9.89. The van der Waals surface area contributed by atoms with E-state index in [0.29, 0.717) is 0 Å². The van der Waals surface area contributed by atoms with Crippen molar-refractivity contribution in [3.8, 4) is 12.1 Å². The van der Waals surface area contributed by atoms with Crippen LogP contribution in [0, 0.1) is 28.1 Å². The zero-order valence-electron chi connectivity index (χ0n) is 11.1. The Hall–Kier alpha value is -1.06. The van der Waals surface area contributed by atoms with Crippen molar-refractivity contribution in [2.45, 2.75) is 58.4 Å². The van der Waals surface area contributed by atoms with Gasteiger partial charge in [-0.1, -0.05) is 6.42 Å². The van der Waals surface area contributed by atoms with Gasteiger partial charge in [0.25, 0.3) is 0 Å². The monoisotopic (exact) mass is 233 g/mol. The maximum atomic E-state index is 9.05. The average Bonchev–Trinajstić information content (AvgIpc) is 2.35. The predicted molar refractivity (Wildman–Crippen MR) is 68.1 cm³/mol. The topological polar surface area (TPSA) is 50.8 Å². The summed E-state index contributed by atoms with van der Waals surface area (Å²) in [6.07, 6.45) is 6.57. The molecular weight excluding hydrogens is 210 g/mol. The van der Waals surface area contributed by atoms with E-state index in [1.54, 1.807) is 0 Å². The van der Waals surface area contributed by atoms with Crippen LogP contribution in [0.5, 0.6) is 0 Å². The molecule has 1 atom stereocenters. The Labute approximate surface area is 105 Å². The molecule has 0 aromatic rings. The third-order valence-electron chi connectivity index (χ3n) is 3.56. The van der Waals surface area contributed by atoms with Gasteiger partial charge in [0.1, 0.15) is 0 Å². The van der Waals surface area contributed by atoms with E-state index in [-0.39, 0.29) is 11.5 Å². The summed E-state index contributed by atoms with van der Waals surface area (Å²) < 4.78 is 0. The molecule has 0 aliphatic carbocycles. The van der Waals surface area contributed by atoms with Crippen molar-refractivity contribution in [2.24, 2.45) is 5.41 Å². The summed E-state index contributed by atoms with van der Waals surface area (Å²) >= 11 is 0. The van der Waals surface area contributed by atoms with Crippen LogP contribution in [0.25, 0.3) is 0 Å². The second-order valence-corrected chi connectivity index (χ2v) is 5.63. The predicted octanol–water partition coefficient (Wildman–Crippen LogP) is 3.08. The molecule has 3 nitrogen and oxygen atoms in total. The van der Waals surface area contributed by atoms with Gasteiger partial charge in [0, 0.05) is 0 Å². The van der Waals surface area contributed by atoms with Gasteiger partial charge in [-0.05, 0) is 59.0 Å². The van der Waals surface area contributed by atoms with E-state index in [2.05, 4.69) is 17.0 Å². The minimum Gasteiger partial charge on any atom is -0.288 e. The first-order valence-electron chi connectivity index (χ1n) is 6.64. The van der Waals surface area contributed by atoms with Gasteiger partial charge < -0.3 is 0 Å². The largest absolute Gasteiger partial charge is 0.288 e. The maximum absolute atomic E-state index is 9.05. The smallest absolute Gasteiger partial charge is 0.0977 e. The van der Waals surface area contributed by atoms with Crippen LogP contribution in [0.2, 0.25) is 0 Å². The van der Waals surface area contributed by atoms with Crippen molar-refractivity contribution in [1.29, 1.82) is 10.5 Å². The Bertz CT molecular complexity index is 308. The number of nitriles is 2. The number of likely N-dealkylation sites (tertiary alicyclic amines) is 1. The first kappa shape index (κ1) is 14.0. The van der Waals surface area contributed by atoms with Crippen LogP contribution < -0.4 is 0 Å². The molecular formula is C14H23N3. The van der Waals surface area contributed by atoms with Gasteiger partial charge in [-0.15, -0.1) is 0 Å². The zero-order valence-corrected chi connectivity index (χ0v) is 11.1. The lowest BCUT2D eigenvalue weighted by Gasteiger charge is -2.31. The average molecular weight is 233 g/mol. The van der Waals surface area contributed by atoms with Crippen LogP contribution in [-0.4, -0.2) is 24.0 Å². The van der Waals surface area contributed by atoms with Gasteiger partial charge >= 0.3 is 0 Å². The van der Waals surface area contributed by atoms with Crippen LogP contribution >= 0.6 is 0 Å². The molecule has 1 rings (SSSR count). The normalized spacial score (nSPS) is 21.8. The van der Waals surface area contributed by atoms with Gasteiger partial charge in [0.2, 0.25) is 0 Å². The highest BCUT2D eigenvalue weighted by Gasteiger charge is 2.21. The first-order valence-corrected chi connectivity index (χ1v) is 6.64. The van der Waals surface area contributed by atoms with Gasteiger partial charge in [-0.25, -0.2) is 0 Å². The van der Waals surface area contributed by atoms with Crippen molar-refractivity contribution in [3.05, 3.63) is 0 Å². The quantitative estimate of drug-likeness (QED) is 0.686. The Kier molecular flexibility index (Phi) is 5.45. The number of hydrogen-bond donors (Lipinski definition) is 0. The van der Waals surface area contributed by atoms with Gasteiger partial charge in [0.15, 0.2) is 0 Å². The van der Waals surface area contributed by atoms with E-state index < -0.39 is 0 Å². The lowest BCUT2D eigenvalue weighted by molar-refractivity contribution is 0.179. The van der Waals surface area contributed by atoms with Crippen molar-refractivity contribution >= 4 is 0 Å². The van der Waals surface area contributed by atoms with E-state index in [0.717, 1.165) is 38.8 Å². The van der Waals surface area contributed by atoms with E-state index in [9.17, 15) is 0 Å². The van der Waals surface area contributed by atoms with E-state index in [4.69, 9.17) is 10.5 Å². The molecule has 0 spiro atoms. The molecule has 0 aromatic heterocycles. The molecule has 17 heavy (non-hydrogen) atoms. The number of rotatable bonds is 5. The molecule has 1 unspecified atom stereocenters. The second-order valence-electron chi connectivity index (χ2n) is 5.63. The fourth-order valence-corrected chi connectivity index (χ4v) is 2.34. The Morgan fingerprint density at radius 1 is 1.24 bits per heavy atom. The molecule has 0 N–H and O–H groups in total. The Morgan fingerprint density at radius 2 is 2.00 bits per heavy atom. The Morgan fingerprint density at radius 3 is 2.65 bits per heavy atom. The number of nitrogens with zero attached hydrogens (tertiary/aromatic N) is 3. The van der Waals surface area contributed by atoms with Crippen molar-refractivity contribution in [2.75, 3.05) is 13.1 Å². The van der Waals surface area contributed by atoms with Crippen LogP contribution in [0.3, 0.4) is 0 Å². The summed E-state index contributed by atoms with van der Waals surface area (Å²) in [5.41, 5.74) is -0.198. The number of unbranched alkanes of at least 4 members (excludes halogenated alkanes) is 1. The van der Waals surface area contributed by atoms with Crippen molar-refractivity contribution in [1.82, 2.24) is 4.90 Å². The third-order valence-corrected chi connectivity index (χ3v) is 3.56. The standard InChI is InChI=1S/C14H23N3/c1-14(2,12-16)8-4-6-10-17-9-5-3-7-13(17)11-15/h13H,3-10H2,1-2H3. The molecule has 0 radical (unpaired) electrons. The molecule has 0 saturated carbocycles. The minimum atomic E-state index is -0.198.